The van der Waals surface area contributed by atoms with E-state index < -0.39 is 62.2 Å². The van der Waals surface area contributed by atoms with Crippen LogP contribution in [0.15, 0.2) is 0 Å². The molecule has 0 aromatic heterocycles. The number of rotatable bonds is 4. The molecule has 0 aliphatic carbocycles. The maximum Gasteiger partial charge on any atom is 1.00 e. The molecule has 0 unspecified atom stereocenters. The summed E-state index contributed by atoms with van der Waals surface area (Å²) in [5.41, 5.74) is -4.87. The zero-order chi connectivity index (χ0) is 18.5. The van der Waals surface area contributed by atoms with Crippen molar-refractivity contribution in [3.05, 3.63) is 0 Å². The fourth-order valence-electron chi connectivity index (χ4n) is 2.67. The monoisotopic (exact) mass is 394 g/mol. The molecule has 0 aromatic rings. The summed E-state index contributed by atoms with van der Waals surface area (Å²) in [5.74, 6) is -3.60. The van der Waals surface area contributed by atoms with Gasteiger partial charge in [-0.2, -0.15) is 8.78 Å². The predicted molar refractivity (Wildman–Crippen MR) is 75.9 cm³/mol. The summed E-state index contributed by atoms with van der Waals surface area (Å²) in [5, 5.41) is 0. The zero-order valence-electron chi connectivity index (χ0n) is 15.1. The second-order valence-electron chi connectivity index (χ2n) is 7.43. The van der Waals surface area contributed by atoms with Gasteiger partial charge in [-0.1, -0.05) is 0 Å². The molecule has 4 atom stereocenters. The van der Waals surface area contributed by atoms with E-state index in [2.05, 4.69) is 0 Å². The Morgan fingerprint density at radius 3 is 2.28 bits per heavy atom. The molecule has 140 valence electrons. The molecular weight excluding hydrogens is 372 g/mol. The molecule has 7 nitrogen and oxygen atoms in total. The van der Waals surface area contributed by atoms with Gasteiger partial charge in [-0.25, -0.2) is 0 Å². The summed E-state index contributed by atoms with van der Waals surface area (Å²) in [6, 6.07) is 0. The average molecular weight is 394 g/mol. The van der Waals surface area contributed by atoms with Gasteiger partial charge in [0.15, 0.2) is 12.1 Å². The van der Waals surface area contributed by atoms with E-state index in [0.29, 0.717) is 0 Å². The van der Waals surface area contributed by atoms with Crippen LogP contribution in [0.1, 0.15) is 34.6 Å². The number of alkyl halides is 2. The predicted octanol–water partition coefficient (Wildman–Crippen LogP) is -2.57. The topological polar surface area (TPSA) is 100 Å². The molecular formula is C14H22F2NaO7P. The van der Waals surface area contributed by atoms with Crippen molar-refractivity contribution in [1.29, 1.82) is 0 Å². The smallest absolute Gasteiger partial charge is 0.681 e. The van der Waals surface area contributed by atoms with E-state index in [-0.39, 0.29) is 29.6 Å². The molecule has 0 saturated carbocycles. The van der Waals surface area contributed by atoms with Crippen molar-refractivity contribution < 1.29 is 71.9 Å². The van der Waals surface area contributed by atoms with E-state index in [4.69, 9.17) is 18.9 Å². The maximum atomic E-state index is 14.2. The van der Waals surface area contributed by atoms with Crippen molar-refractivity contribution in [3.8, 4) is 0 Å². The van der Waals surface area contributed by atoms with Gasteiger partial charge in [-0.05, 0) is 43.0 Å². The molecule has 2 aliphatic rings. The SMILES string of the molecule is CC1(C)O[C@H]2O[C@H](COC(=O)C(C)(C)C)[C@@H](C(F)(F)[PH+]([O-])[O-])[C@H]2O1.[Na+]. The molecule has 0 N–H and O–H groups in total. The summed E-state index contributed by atoms with van der Waals surface area (Å²) < 4.78 is 49.6. The largest absolute Gasteiger partial charge is 1.00 e. The Morgan fingerprint density at radius 1 is 1.24 bits per heavy atom. The molecule has 2 saturated heterocycles. The molecule has 11 heteroatoms. The number of hydrogen-bond donors (Lipinski definition) is 0. The third-order valence-corrected chi connectivity index (χ3v) is 4.71. The Morgan fingerprint density at radius 2 is 1.80 bits per heavy atom. The summed E-state index contributed by atoms with van der Waals surface area (Å²) >= 11 is 0. The van der Waals surface area contributed by atoms with Gasteiger partial charge >= 0.3 is 41.2 Å². The molecule has 2 aliphatic heterocycles. The molecule has 2 rings (SSSR count). The van der Waals surface area contributed by atoms with Crippen LogP contribution < -0.4 is 39.3 Å². The maximum absolute atomic E-state index is 14.2. The van der Waals surface area contributed by atoms with Crippen LogP contribution in [0, 0.1) is 11.3 Å². The number of ether oxygens (including phenoxy) is 4. The number of carbonyl (C=O) groups is 1. The van der Waals surface area contributed by atoms with Gasteiger partial charge in [-0.3, -0.25) is 4.79 Å². The molecule has 2 fully saturated rings. The van der Waals surface area contributed by atoms with E-state index in [9.17, 15) is 23.4 Å². The van der Waals surface area contributed by atoms with Crippen molar-refractivity contribution in [2.45, 2.75) is 64.6 Å². The third-order valence-electron chi connectivity index (χ3n) is 3.83. The van der Waals surface area contributed by atoms with Crippen molar-refractivity contribution in [2.75, 3.05) is 6.61 Å². The quantitative estimate of drug-likeness (QED) is 0.294. The second kappa shape index (κ2) is 7.89. The first-order valence-electron chi connectivity index (χ1n) is 7.53. The Kier molecular flexibility index (Phi) is 7.45. The molecule has 0 spiro atoms. The van der Waals surface area contributed by atoms with E-state index in [0.717, 1.165) is 0 Å². The minimum atomic E-state index is -4.46. The summed E-state index contributed by atoms with van der Waals surface area (Å²) in [6.45, 7) is 7.34. The Hall–Kier alpha value is 0.560. The van der Waals surface area contributed by atoms with Gasteiger partial charge in [0.05, 0.1) is 5.41 Å². The number of fused-ring (bicyclic) bond motifs is 1. The van der Waals surface area contributed by atoms with Crippen LogP contribution in [-0.4, -0.2) is 42.5 Å². The van der Waals surface area contributed by atoms with Crippen molar-refractivity contribution in [3.63, 3.8) is 0 Å². The minimum Gasteiger partial charge on any atom is -0.681 e. The molecule has 0 aromatic carbocycles. The first-order chi connectivity index (χ1) is 10.8. The van der Waals surface area contributed by atoms with E-state index in [1.165, 1.54) is 13.8 Å². The minimum absolute atomic E-state index is 0. The van der Waals surface area contributed by atoms with Gasteiger partial charge in [-0.15, -0.1) is 0 Å². The van der Waals surface area contributed by atoms with E-state index >= 15 is 0 Å². The Balaban J connectivity index is 0.00000312. The normalized spacial score (nSPS) is 31.6. The van der Waals surface area contributed by atoms with Gasteiger partial charge in [0.25, 0.3) is 0 Å². The second-order valence-corrected chi connectivity index (χ2v) is 8.67. The van der Waals surface area contributed by atoms with Gasteiger partial charge in [0.1, 0.15) is 24.7 Å². The van der Waals surface area contributed by atoms with Gasteiger partial charge < -0.3 is 28.7 Å². The summed E-state index contributed by atoms with van der Waals surface area (Å²) in [6.07, 6.45) is -3.76. The number of esters is 1. The standard InChI is InChI=1S/C14H22F2O7P.Na/c1-12(2,3)11(17)20-6-7-8(14(15,16)24(18)19)9-10(21-7)23-13(4,5)22-9;/h7-10,24H,6H2,1-5H3;/q-1;+1/t7-,8-,9-,10-;/m1./s1. The van der Waals surface area contributed by atoms with Gasteiger partial charge in [0.2, 0.25) is 0 Å². The molecule has 2 heterocycles. The third kappa shape index (κ3) is 5.09. The van der Waals surface area contributed by atoms with E-state index in [1.54, 1.807) is 20.8 Å². The van der Waals surface area contributed by atoms with Crippen molar-refractivity contribution in [1.82, 2.24) is 0 Å². The molecule has 0 bridgehead atoms. The summed E-state index contributed by atoms with van der Waals surface area (Å²) in [7, 11) is -4.46. The van der Waals surface area contributed by atoms with Crippen molar-refractivity contribution >= 4 is 14.3 Å². The number of halogens is 2. The van der Waals surface area contributed by atoms with E-state index in [1.807, 2.05) is 0 Å². The van der Waals surface area contributed by atoms with Crippen LogP contribution >= 0.6 is 8.38 Å². The number of hydrogen-bond acceptors (Lipinski definition) is 7. The fourth-order valence-corrected chi connectivity index (χ4v) is 3.29. The van der Waals surface area contributed by atoms with Crippen LogP contribution in [0.5, 0.6) is 0 Å². The first kappa shape index (κ1) is 23.6. The Bertz CT molecular complexity index is 498. The fraction of sp³-hybridized carbons (Fsp3) is 0.929. The number of carbonyl (C=O) groups excluding carboxylic acids is 1. The van der Waals surface area contributed by atoms with Crippen LogP contribution in [-0.2, 0) is 23.7 Å². The van der Waals surface area contributed by atoms with Gasteiger partial charge in [0, 0.05) is 0 Å². The molecule has 25 heavy (non-hydrogen) atoms. The van der Waals surface area contributed by atoms with Crippen molar-refractivity contribution in [2.24, 2.45) is 11.3 Å². The molecule has 0 radical (unpaired) electrons. The Labute approximate surface area is 168 Å². The van der Waals surface area contributed by atoms with Crippen LogP contribution in [0.3, 0.4) is 0 Å². The molecule has 0 amide bonds. The van der Waals surface area contributed by atoms with Crippen LogP contribution in [0.4, 0.5) is 8.78 Å². The van der Waals surface area contributed by atoms with Crippen LogP contribution in [0.2, 0.25) is 0 Å². The first-order valence-corrected chi connectivity index (χ1v) is 8.85. The van der Waals surface area contributed by atoms with Crippen LogP contribution in [0.25, 0.3) is 0 Å². The summed E-state index contributed by atoms with van der Waals surface area (Å²) in [4.78, 5) is 33.9. The zero-order valence-corrected chi connectivity index (χ0v) is 18.1. The average Bonchev–Trinajstić information content (AvgIpc) is 2.85.